The minimum Gasteiger partial charge on any atom is -0.507 e. The monoisotopic (exact) mass is 392 g/mol. The highest BCUT2D eigenvalue weighted by Crippen LogP contribution is 2.43. The topological polar surface area (TPSA) is 79.7 Å². The van der Waals surface area contributed by atoms with Crippen LogP contribution in [0.2, 0.25) is 0 Å². The van der Waals surface area contributed by atoms with Crippen molar-refractivity contribution in [1.82, 2.24) is 4.98 Å². The molecule has 6 nitrogen and oxygen atoms in total. The fraction of sp³-hybridized carbons (Fsp3) is 0.0952. The van der Waals surface area contributed by atoms with E-state index in [9.17, 15) is 14.7 Å². The predicted molar refractivity (Wildman–Crippen MR) is 106 cm³/mol. The number of aromatic nitrogens is 1. The molecule has 1 aliphatic heterocycles. The van der Waals surface area contributed by atoms with Gasteiger partial charge in [-0.05, 0) is 35.7 Å². The van der Waals surface area contributed by atoms with Crippen LogP contribution < -0.4 is 9.64 Å². The van der Waals surface area contributed by atoms with Crippen molar-refractivity contribution in [2.24, 2.45) is 0 Å². The number of methoxy groups -OCH3 is 1. The van der Waals surface area contributed by atoms with Crippen LogP contribution in [0.4, 0.5) is 5.69 Å². The number of amides is 1. The Morgan fingerprint density at radius 3 is 2.61 bits per heavy atom. The van der Waals surface area contributed by atoms with Gasteiger partial charge in [0.1, 0.15) is 17.6 Å². The summed E-state index contributed by atoms with van der Waals surface area (Å²) in [7, 11) is 1.54. The molecule has 7 heteroatoms. The number of Topliss-reactive ketones (excluding diaryl/α,β-unsaturated/α-hetero) is 1. The molecule has 1 fully saturated rings. The molecule has 0 radical (unpaired) electrons. The van der Waals surface area contributed by atoms with Crippen LogP contribution in [-0.4, -0.2) is 28.9 Å². The van der Waals surface area contributed by atoms with Crippen LogP contribution in [0.3, 0.4) is 0 Å². The van der Waals surface area contributed by atoms with Crippen molar-refractivity contribution in [3.8, 4) is 5.75 Å². The maximum absolute atomic E-state index is 12.9. The van der Waals surface area contributed by atoms with Crippen molar-refractivity contribution in [3.05, 3.63) is 82.3 Å². The van der Waals surface area contributed by atoms with Crippen LogP contribution >= 0.6 is 11.3 Å². The van der Waals surface area contributed by atoms with Gasteiger partial charge in [-0.3, -0.25) is 19.5 Å². The van der Waals surface area contributed by atoms with Gasteiger partial charge in [-0.15, -0.1) is 11.3 Å². The Morgan fingerprint density at radius 2 is 1.93 bits per heavy atom. The van der Waals surface area contributed by atoms with Gasteiger partial charge in [-0.1, -0.05) is 12.1 Å². The average molecular weight is 392 g/mol. The van der Waals surface area contributed by atoms with Gasteiger partial charge in [-0.25, -0.2) is 0 Å². The van der Waals surface area contributed by atoms with Gasteiger partial charge in [0, 0.05) is 34.6 Å². The summed E-state index contributed by atoms with van der Waals surface area (Å²) in [5, 5.41) is 12.7. The lowest BCUT2D eigenvalue weighted by atomic mass is 10.0. The van der Waals surface area contributed by atoms with Crippen LogP contribution in [-0.2, 0) is 9.59 Å². The van der Waals surface area contributed by atoms with E-state index in [0.717, 1.165) is 4.88 Å². The highest BCUT2D eigenvalue weighted by molar-refractivity contribution is 7.10. The molecule has 140 valence electrons. The maximum Gasteiger partial charge on any atom is 0.300 e. The van der Waals surface area contributed by atoms with E-state index in [2.05, 4.69) is 4.98 Å². The van der Waals surface area contributed by atoms with Gasteiger partial charge in [0.05, 0.1) is 12.7 Å². The molecule has 1 aliphatic rings. The number of rotatable bonds is 4. The molecule has 1 amide bonds. The molecule has 3 aromatic rings. The Balaban J connectivity index is 1.92. The number of thiophene rings is 1. The van der Waals surface area contributed by atoms with Crippen LogP contribution in [0.1, 0.15) is 16.5 Å². The Labute approximate surface area is 165 Å². The zero-order valence-electron chi connectivity index (χ0n) is 14.9. The highest BCUT2D eigenvalue weighted by atomic mass is 32.1. The number of benzene rings is 1. The van der Waals surface area contributed by atoms with Gasteiger partial charge in [-0.2, -0.15) is 0 Å². The number of carbonyl (C=O) groups excluding carboxylic acids is 2. The molecule has 0 saturated carbocycles. The van der Waals surface area contributed by atoms with Crippen LogP contribution in [0, 0.1) is 0 Å². The molecular formula is C21H16N2O4S. The zero-order chi connectivity index (χ0) is 19.7. The van der Waals surface area contributed by atoms with E-state index in [1.807, 2.05) is 17.5 Å². The molecule has 0 bridgehead atoms. The lowest BCUT2D eigenvalue weighted by Gasteiger charge is -2.24. The summed E-state index contributed by atoms with van der Waals surface area (Å²) >= 11 is 1.41. The van der Waals surface area contributed by atoms with E-state index >= 15 is 0 Å². The van der Waals surface area contributed by atoms with Crippen LogP contribution in [0.15, 0.2) is 71.9 Å². The first kappa shape index (κ1) is 17.9. The average Bonchev–Trinajstić information content (AvgIpc) is 3.35. The predicted octanol–water partition coefficient (Wildman–Crippen LogP) is 3.78. The molecule has 2 aromatic heterocycles. The third kappa shape index (κ3) is 2.95. The number of hydrogen-bond donors (Lipinski definition) is 1. The fourth-order valence-corrected chi connectivity index (χ4v) is 4.06. The highest BCUT2D eigenvalue weighted by Gasteiger charge is 2.47. The molecule has 1 unspecified atom stereocenters. The van der Waals surface area contributed by atoms with E-state index < -0.39 is 17.7 Å². The Kier molecular flexibility index (Phi) is 4.67. The largest absolute Gasteiger partial charge is 0.507 e. The second-order valence-corrected chi connectivity index (χ2v) is 7.10. The fourth-order valence-electron chi connectivity index (χ4n) is 3.24. The first-order valence-electron chi connectivity index (χ1n) is 8.50. The van der Waals surface area contributed by atoms with Crippen LogP contribution in [0.5, 0.6) is 5.75 Å². The number of ether oxygens (including phenoxy) is 1. The number of nitrogens with zero attached hydrogens (tertiary/aromatic N) is 2. The number of hydrogen-bond acceptors (Lipinski definition) is 6. The van der Waals surface area contributed by atoms with E-state index in [0.29, 0.717) is 17.0 Å². The third-order valence-corrected chi connectivity index (χ3v) is 5.47. The Hall–Kier alpha value is -3.45. The Morgan fingerprint density at radius 1 is 1.14 bits per heavy atom. The SMILES string of the molecule is COc1cccc(N2C(=O)C(=O)/C(=C(\O)c3ccncc3)C2c2cccs2)c1. The summed E-state index contributed by atoms with van der Waals surface area (Å²) in [5.74, 6) is -1.07. The van der Waals surface area contributed by atoms with Gasteiger partial charge in [0.2, 0.25) is 0 Å². The number of aliphatic hydroxyl groups is 1. The quantitative estimate of drug-likeness (QED) is 0.415. The summed E-state index contributed by atoms with van der Waals surface area (Å²) in [6.07, 6.45) is 3.04. The summed E-state index contributed by atoms with van der Waals surface area (Å²) in [6.45, 7) is 0. The summed E-state index contributed by atoms with van der Waals surface area (Å²) < 4.78 is 5.26. The minimum atomic E-state index is -0.726. The van der Waals surface area contributed by atoms with Gasteiger partial charge < -0.3 is 9.84 Å². The molecule has 28 heavy (non-hydrogen) atoms. The second kappa shape index (κ2) is 7.28. The summed E-state index contributed by atoms with van der Waals surface area (Å²) in [4.78, 5) is 32.0. The van der Waals surface area contributed by atoms with Gasteiger partial charge >= 0.3 is 0 Å². The van der Waals surface area contributed by atoms with Crippen molar-refractivity contribution in [2.75, 3.05) is 12.0 Å². The summed E-state index contributed by atoms with van der Waals surface area (Å²) in [6, 6.07) is 13.1. The van der Waals surface area contributed by atoms with E-state index in [-0.39, 0.29) is 11.3 Å². The first-order valence-corrected chi connectivity index (χ1v) is 9.38. The zero-order valence-corrected chi connectivity index (χ0v) is 15.7. The smallest absolute Gasteiger partial charge is 0.300 e. The van der Waals surface area contributed by atoms with Crippen molar-refractivity contribution >= 4 is 34.5 Å². The van der Waals surface area contributed by atoms with E-state index in [4.69, 9.17) is 4.74 Å². The van der Waals surface area contributed by atoms with E-state index in [1.54, 1.807) is 36.4 Å². The number of carbonyl (C=O) groups is 2. The normalized spacial score (nSPS) is 18.5. The van der Waals surface area contributed by atoms with Crippen molar-refractivity contribution in [3.63, 3.8) is 0 Å². The van der Waals surface area contributed by atoms with Crippen LogP contribution in [0.25, 0.3) is 5.76 Å². The number of ketones is 1. The third-order valence-electron chi connectivity index (χ3n) is 4.54. The molecule has 1 atom stereocenters. The molecule has 3 heterocycles. The van der Waals surface area contributed by atoms with Gasteiger partial charge in [0.25, 0.3) is 11.7 Å². The molecular weight excluding hydrogens is 376 g/mol. The Bertz CT molecular complexity index is 1060. The number of anilines is 1. The van der Waals surface area contributed by atoms with Crippen molar-refractivity contribution < 1.29 is 19.4 Å². The molecule has 1 N–H and O–H groups in total. The molecule has 0 spiro atoms. The lowest BCUT2D eigenvalue weighted by Crippen LogP contribution is -2.29. The van der Waals surface area contributed by atoms with E-state index in [1.165, 1.54) is 35.7 Å². The van der Waals surface area contributed by atoms with Crippen molar-refractivity contribution in [2.45, 2.75) is 6.04 Å². The molecule has 4 rings (SSSR count). The molecule has 0 aliphatic carbocycles. The first-order chi connectivity index (χ1) is 13.6. The summed E-state index contributed by atoms with van der Waals surface area (Å²) in [5.41, 5.74) is 1.01. The van der Waals surface area contributed by atoms with Crippen molar-refractivity contribution in [1.29, 1.82) is 0 Å². The molecule has 1 saturated heterocycles. The number of pyridine rings is 1. The maximum atomic E-state index is 12.9. The minimum absolute atomic E-state index is 0.0569. The standard InChI is InChI=1S/C21H16N2O4S/c1-27-15-5-2-4-14(12-15)23-18(16-6-3-11-28-16)17(20(25)21(23)26)19(24)13-7-9-22-10-8-13/h2-12,18,24H,1H3/b19-17-. The van der Waals surface area contributed by atoms with Gasteiger partial charge in [0.15, 0.2) is 0 Å². The molecule has 1 aromatic carbocycles. The second-order valence-electron chi connectivity index (χ2n) is 6.12. The lowest BCUT2D eigenvalue weighted by molar-refractivity contribution is -0.132. The number of aliphatic hydroxyl groups excluding tert-OH is 1.